The molecule has 2 aliphatic rings. The van der Waals surface area contributed by atoms with Gasteiger partial charge < -0.3 is 15.5 Å². The van der Waals surface area contributed by atoms with E-state index in [1.807, 2.05) is 0 Å². The zero-order valence-corrected chi connectivity index (χ0v) is 11.7. The lowest BCUT2D eigenvalue weighted by Gasteiger charge is -2.24. The molecule has 1 aliphatic heterocycles. The normalized spacial score (nSPS) is 29.1. The number of likely N-dealkylation sites (N-methyl/N-ethyl adjacent to an activating group) is 1. The van der Waals surface area contributed by atoms with E-state index in [9.17, 15) is 4.79 Å². The average molecular weight is 253 g/mol. The van der Waals surface area contributed by atoms with Gasteiger partial charge in [0, 0.05) is 25.7 Å². The van der Waals surface area contributed by atoms with Crippen LogP contribution >= 0.6 is 0 Å². The topological polar surface area (TPSA) is 44.4 Å². The molecule has 4 nitrogen and oxygen atoms in total. The highest BCUT2D eigenvalue weighted by molar-refractivity contribution is 5.79. The highest BCUT2D eigenvalue weighted by Crippen LogP contribution is 2.21. The molecule has 2 atom stereocenters. The number of nitrogens with one attached hydrogen (secondary N) is 2. The number of amides is 1. The van der Waals surface area contributed by atoms with Gasteiger partial charge in [-0.3, -0.25) is 4.79 Å². The van der Waals surface area contributed by atoms with Crippen molar-refractivity contribution >= 4 is 5.91 Å². The molecule has 0 aromatic carbocycles. The quantitative estimate of drug-likeness (QED) is 0.763. The summed E-state index contributed by atoms with van der Waals surface area (Å²) < 4.78 is 0. The van der Waals surface area contributed by atoms with Crippen molar-refractivity contribution in [3.8, 4) is 0 Å². The summed E-state index contributed by atoms with van der Waals surface area (Å²) in [6.07, 6.45) is 5.39. The molecule has 4 heteroatoms. The van der Waals surface area contributed by atoms with E-state index >= 15 is 0 Å². The van der Waals surface area contributed by atoms with Crippen LogP contribution in [0.5, 0.6) is 0 Å². The van der Waals surface area contributed by atoms with Gasteiger partial charge in [-0.1, -0.05) is 19.8 Å². The Morgan fingerprint density at radius 1 is 1.33 bits per heavy atom. The zero-order valence-electron chi connectivity index (χ0n) is 11.7. The summed E-state index contributed by atoms with van der Waals surface area (Å²) in [5.41, 5.74) is 0. The van der Waals surface area contributed by atoms with Crippen LogP contribution in [0.25, 0.3) is 0 Å². The maximum absolute atomic E-state index is 12.0. The van der Waals surface area contributed by atoms with Gasteiger partial charge in [0.2, 0.25) is 5.91 Å². The van der Waals surface area contributed by atoms with Gasteiger partial charge >= 0.3 is 0 Å². The lowest BCUT2D eigenvalue weighted by Crippen LogP contribution is -2.40. The Bertz CT molecular complexity index is 276. The minimum atomic E-state index is 0.168. The van der Waals surface area contributed by atoms with Crippen LogP contribution in [0, 0.1) is 11.8 Å². The Hall–Kier alpha value is -0.610. The number of rotatable bonds is 5. The fraction of sp³-hybridized carbons (Fsp3) is 0.929. The molecule has 2 rings (SSSR count). The third kappa shape index (κ3) is 3.45. The predicted octanol–water partition coefficient (Wildman–Crippen LogP) is 0.833. The SMILES string of the molecule is CC1CNCC1C(=O)NCCN(C)C1CCCC1. The molecule has 2 unspecified atom stereocenters. The Labute approximate surface area is 110 Å². The molecule has 0 aromatic rings. The molecule has 0 spiro atoms. The van der Waals surface area contributed by atoms with Crippen molar-refractivity contribution in [1.82, 2.24) is 15.5 Å². The average Bonchev–Trinajstić information content (AvgIpc) is 2.99. The smallest absolute Gasteiger partial charge is 0.224 e. The lowest BCUT2D eigenvalue weighted by atomic mass is 9.97. The first-order valence-electron chi connectivity index (χ1n) is 7.37. The van der Waals surface area contributed by atoms with E-state index in [4.69, 9.17) is 0 Å². The molecule has 0 bridgehead atoms. The zero-order chi connectivity index (χ0) is 13.0. The van der Waals surface area contributed by atoms with Crippen molar-refractivity contribution in [3.05, 3.63) is 0 Å². The minimum absolute atomic E-state index is 0.168. The molecule has 104 valence electrons. The van der Waals surface area contributed by atoms with Crippen LogP contribution in [-0.4, -0.2) is 50.1 Å². The summed E-state index contributed by atoms with van der Waals surface area (Å²) in [7, 11) is 2.18. The minimum Gasteiger partial charge on any atom is -0.355 e. The van der Waals surface area contributed by atoms with Crippen molar-refractivity contribution in [3.63, 3.8) is 0 Å². The summed E-state index contributed by atoms with van der Waals surface area (Å²) in [6.45, 7) is 5.72. The van der Waals surface area contributed by atoms with Gasteiger partial charge in [-0.05, 0) is 32.4 Å². The van der Waals surface area contributed by atoms with Crippen molar-refractivity contribution in [2.75, 3.05) is 33.2 Å². The molecule has 1 amide bonds. The summed E-state index contributed by atoms with van der Waals surface area (Å²) >= 11 is 0. The number of carbonyl (C=O) groups excluding carboxylic acids is 1. The molecule has 0 aromatic heterocycles. The van der Waals surface area contributed by atoms with Gasteiger partial charge in [-0.2, -0.15) is 0 Å². The van der Waals surface area contributed by atoms with Crippen LogP contribution in [0.3, 0.4) is 0 Å². The third-order valence-corrected chi connectivity index (χ3v) is 4.57. The fourth-order valence-corrected chi connectivity index (χ4v) is 3.18. The Kier molecular flexibility index (Phi) is 5.01. The van der Waals surface area contributed by atoms with E-state index < -0.39 is 0 Å². The first-order valence-corrected chi connectivity index (χ1v) is 7.37. The molecule has 2 fully saturated rings. The lowest BCUT2D eigenvalue weighted by molar-refractivity contribution is -0.125. The van der Waals surface area contributed by atoms with Gasteiger partial charge in [-0.15, -0.1) is 0 Å². The van der Waals surface area contributed by atoms with Crippen LogP contribution in [0.15, 0.2) is 0 Å². The molecule has 1 aliphatic carbocycles. The summed E-state index contributed by atoms with van der Waals surface area (Å²) in [6, 6.07) is 0.744. The Balaban J connectivity index is 1.63. The summed E-state index contributed by atoms with van der Waals surface area (Å²) in [5.74, 6) is 0.867. The second kappa shape index (κ2) is 6.53. The van der Waals surface area contributed by atoms with Gasteiger partial charge in [0.1, 0.15) is 0 Å². The standard InChI is InChI=1S/C14H27N3O/c1-11-9-15-10-13(11)14(18)16-7-8-17(2)12-5-3-4-6-12/h11-13,15H,3-10H2,1-2H3,(H,16,18). The summed E-state index contributed by atoms with van der Waals surface area (Å²) in [5, 5.41) is 6.36. The van der Waals surface area contributed by atoms with E-state index in [0.29, 0.717) is 5.92 Å². The van der Waals surface area contributed by atoms with Gasteiger partial charge in [0.15, 0.2) is 0 Å². The summed E-state index contributed by atoms with van der Waals surface area (Å²) in [4.78, 5) is 14.4. The van der Waals surface area contributed by atoms with Gasteiger partial charge in [0.25, 0.3) is 0 Å². The van der Waals surface area contributed by atoms with E-state index in [0.717, 1.165) is 32.2 Å². The van der Waals surface area contributed by atoms with Gasteiger partial charge in [0.05, 0.1) is 5.92 Å². The molecule has 0 radical (unpaired) electrons. The molecule has 2 N–H and O–H groups in total. The molecule has 18 heavy (non-hydrogen) atoms. The molecule has 1 saturated heterocycles. The maximum atomic E-state index is 12.0. The monoisotopic (exact) mass is 253 g/mol. The van der Waals surface area contributed by atoms with Crippen molar-refractivity contribution in [2.45, 2.75) is 38.6 Å². The van der Waals surface area contributed by atoms with Crippen LogP contribution in [0.2, 0.25) is 0 Å². The highest BCUT2D eigenvalue weighted by atomic mass is 16.1. The number of hydrogen-bond acceptors (Lipinski definition) is 3. The Morgan fingerprint density at radius 3 is 2.67 bits per heavy atom. The third-order valence-electron chi connectivity index (χ3n) is 4.57. The van der Waals surface area contributed by atoms with Crippen molar-refractivity contribution in [1.29, 1.82) is 0 Å². The second-order valence-corrected chi connectivity index (χ2v) is 5.95. The predicted molar refractivity (Wildman–Crippen MR) is 73.4 cm³/mol. The van der Waals surface area contributed by atoms with Gasteiger partial charge in [-0.25, -0.2) is 0 Å². The largest absolute Gasteiger partial charge is 0.355 e. The maximum Gasteiger partial charge on any atom is 0.224 e. The molecule has 1 heterocycles. The van der Waals surface area contributed by atoms with Crippen LogP contribution in [0.1, 0.15) is 32.6 Å². The van der Waals surface area contributed by atoms with E-state index in [1.165, 1.54) is 25.7 Å². The van der Waals surface area contributed by atoms with Crippen LogP contribution < -0.4 is 10.6 Å². The number of carbonyl (C=O) groups is 1. The Morgan fingerprint density at radius 2 is 2.06 bits per heavy atom. The van der Waals surface area contributed by atoms with E-state index in [-0.39, 0.29) is 11.8 Å². The second-order valence-electron chi connectivity index (χ2n) is 5.95. The van der Waals surface area contributed by atoms with E-state index in [1.54, 1.807) is 0 Å². The van der Waals surface area contributed by atoms with Crippen molar-refractivity contribution < 1.29 is 4.79 Å². The molecule has 1 saturated carbocycles. The number of nitrogens with zero attached hydrogens (tertiary/aromatic N) is 1. The van der Waals surface area contributed by atoms with Crippen LogP contribution in [-0.2, 0) is 4.79 Å². The first kappa shape index (κ1) is 13.8. The first-order chi connectivity index (χ1) is 8.68. The van der Waals surface area contributed by atoms with Crippen LogP contribution in [0.4, 0.5) is 0 Å². The highest BCUT2D eigenvalue weighted by Gasteiger charge is 2.29. The fourth-order valence-electron chi connectivity index (χ4n) is 3.18. The van der Waals surface area contributed by atoms with Crippen molar-refractivity contribution in [2.24, 2.45) is 11.8 Å². The molecular weight excluding hydrogens is 226 g/mol. The number of hydrogen-bond donors (Lipinski definition) is 2. The van der Waals surface area contributed by atoms with E-state index in [2.05, 4.69) is 29.5 Å². The molecular formula is C14H27N3O.